The number of aryl methyl sites for hydroxylation is 2. The van der Waals surface area contributed by atoms with Crippen molar-refractivity contribution in [2.24, 2.45) is 0 Å². The number of nitrogens with one attached hydrogen (secondary N) is 2. The van der Waals surface area contributed by atoms with Crippen LogP contribution in [0.15, 0.2) is 42.5 Å². The van der Waals surface area contributed by atoms with Crippen LogP contribution in [0, 0.1) is 19.7 Å². The van der Waals surface area contributed by atoms with Crippen molar-refractivity contribution in [1.29, 1.82) is 0 Å². The van der Waals surface area contributed by atoms with Crippen molar-refractivity contribution in [3.8, 4) is 0 Å². The Labute approximate surface area is 130 Å². The normalized spacial score (nSPS) is 11.8. The minimum atomic E-state index is -0.287. The first-order valence-corrected chi connectivity index (χ1v) is 7.27. The van der Waals surface area contributed by atoms with Gasteiger partial charge in [0, 0.05) is 5.69 Å². The third-order valence-corrected chi connectivity index (χ3v) is 3.55. The monoisotopic (exact) mass is 302 g/mol. The molecule has 0 aliphatic heterocycles. The van der Waals surface area contributed by atoms with Gasteiger partial charge in [0.2, 0.25) is 0 Å². The number of anilines is 1. The molecule has 0 saturated carbocycles. The molecule has 2 rings (SSSR count). The summed E-state index contributed by atoms with van der Waals surface area (Å²) in [5.74, 6) is -0.287. The summed E-state index contributed by atoms with van der Waals surface area (Å²) in [6, 6.07) is 12.7. The number of benzene rings is 2. The molecule has 0 amide bonds. The van der Waals surface area contributed by atoms with Crippen LogP contribution in [0.3, 0.4) is 0 Å². The van der Waals surface area contributed by atoms with Crippen molar-refractivity contribution in [1.82, 2.24) is 5.32 Å². The highest BCUT2D eigenvalue weighted by atomic mass is 32.1. The Morgan fingerprint density at radius 2 is 1.90 bits per heavy atom. The quantitative estimate of drug-likeness (QED) is 0.817. The third kappa shape index (κ3) is 4.26. The van der Waals surface area contributed by atoms with Crippen LogP contribution in [0.25, 0.3) is 0 Å². The van der Waals surface area contributed by atoms with Crippen LogP contribution < -0.4 is 10.6 Å². The molecule has 0 spiro atoms. The first-order chi connectivity index (χ1) is 9.95. The molecule has 0 fully saturated rings. The predicted molar refractivity (Wildman–Crippen MR) is 90.1 cm³/mol. The van der Waals surface area contributed by atoms with Gasteiger partial charge >= 0.3 is 0 Å². The number of thiocarbonyl (C=S) groups is 1. The molecule has 0 aromatic heterocycles. The molecule has 110 valence electrons. The van der Waals surface area contributed by atoms with E-state index >= 15 is 0 Å². The Kier molecular flexibility index (Phi) is 4.91. The van der Waals surface area contributed by atoms with E-state index in [-0.39, 0.29) is 11.9 Å². The zero-order valence-electron chi connectivity index (χ0n) is 12.4. The molecule has 21 heavy (non-hydrogen) atoms. The molecule has 0 unspecified atom stereocenters. The Morgan fingerprint density at radius 1 is 1.14 bits per heavy atom. The summed E-state index contributed by atoms with van der Waals surface area (Å²) in [5.41, 5.74) is 4.28. The van der Waals surface area contributed by atoms with Gasteiger partial charge in [-0.3, -0.25) is 0 Å². The van der Waals surface area contributed by atoms with E-state index in [2.05, 4.69) is 49.6 Å². The molecule has 2 aromatic rings. The number of hydrogen-bond acceptors (Lipinski definition) is 1. The van der Waals surface area contributed by atoms with Crippen LogP contribution in [-0.4, -0.2) is 5.11 Å². The molecule has 2 nitrogen and oxygen atoms in total. The Balaban J connectivity index is 2.03. The standard InChI is InChI=1S/C17H19FN2S/c1-11-7-8-12(2)16(9-11)13(3)19-17(21)20-15-6-4-5-14(18)10-15/h4-10,13H,1-3H3,(H2,19,20,21)/t13-/m1/s1. The summed E-state index contributed by atoms with van der Waals surface area (Å²) in [7, 11) is 0. The zero-order valence-corrected chi connectivity index (χ0v) is 13.2. The van der Waals surface area contributed by atoms with E-state index in [0.29, 0.717) is 10.8 Å². The van der Waals surface area contributed by atoms with E-state index in [4.69, 9.17) is 12.2 Å². The van der Waals surface area contributed by atoms with Crippen molar-refractivity contribution >= 4 is 23.0 Å². The van der Waals surface area contributed by atoms with Gasteiger partial charge in [-0.15, -0.1) is 0 Å². The Bertz CT molecular complexity index is 655. The van der Waals surface area contributed by atoms with E-state index < -0.39 is 0 Å². The maximum absolute atomic E-state index is 13.1. The summed E-state index contributed by atoms with van der Waals surface area (Å²) in [6.07, 6.45) is 0. The fourth-order valence-electron chi connectivity index (χ4n) is 2.23. The average molecular weight is 302 g/mol. The molecule has 2 N–H and O–H groups in total. The summed E-state index contributed by atoms with van der Waals surface area (Å²) in [5, 5.41) is 6.71. The molecule has 1 atom stereocenters. The lowest BCUT2D eigenvalue weighted by molar-refractivity contribution is 0.628. The lowest BCUT2D eigenvalue weighted by Gasteiger charge is -2.19. The molecule has 0 aliphatic carbocycles. The minimum absolute atomic E-state index is 0.0819. The molecular formula is C17H19FN2S. The summed E-state index contributed by atoms with van der Waals surface area (Å²) in [6.45, 7) is 6.20. The topological polar surface area (TPSA) is 24.1 Å². The number of hydrogen-bond donors (Lipinski definition) is 2. The Hall–Kier alpha value is -1.94. The first kappa shape index (κ1) is 15.4. The molecule has 4 heteroatoms. The summed E-state index contributed by atoms with van der Waals surface area (Å²) in [4.78, 5) is 0. The smallest absolute Gasteiger partial charge is 0.171 e. The van der Waals surface area contributed by atoms with Crippen LogP contribution in [-0.2, 0) is 0 Å². The van der Waals surface area contributed by atoms with Gasteiger partial charge in [-0.05, 0) is 62.3 Å². The van der Waals surface area contributed by atoms with E-state index in [1.54, 1.807) is 12.1 Å². The minimum Gasteiger partial charge on any atom is -0.356 e. The van der Waals surface area contributed by atoms with Crippen LogP contribution in [0.5, 0.6) is 0 Å². The van der Waals surface area contributed by atoms with Gasteiger partial charge in [0.15, 0.2) is 5.11 Å². The van der Waals surface area contributed by atoms with Crippen molar-refractivity contribution < 1.29 is 4.39 Å². The zero-order chi connectivity index (χ0) is 15.4. The molecule has 0 heterocycles. The number of halogens is 1. The van der Waals surface area contributed by atoms with Gasteiger partial charge in [0.25, 0.3) is 0 Å². The van der Waals surface area contributed by atoms with E-state index in [1.807, 2.05) is 0 Å². The average Bonchev–Trinajstić information content (AvgIpc) is 2.41. The molecular weight excluding hydrogens is 283 g/mol. The second kappa shape index (κ2) is 6.68. The molecule has 0 bridgehead atoms. The van der Waals surface area contributed by atoms with Gasteiger partial charge in [-0.1, -0.05) is 29.8 Å². The maximum atomic E-state index is 13.1. The maximum Gasteiger partial charge on any atom is 0.171 e. The molecule has 0 saturated heterocycles. The third-order valence-electron chi connectivity index (χ3n) is 3.33. The second-order valence-electron chi connectivity index (χ2n) is 5.19. The van der Waals surface area contributed by atoms with Gasteiger partial charge in [-0.25, -0.2) is 4.39 Å². The van der Waals surface area contributed by atoms with Gasteiger partial charge in [0.1, 0.15) is 5.82 Å². The number of rotatable bonds is 3. The van der Waals surface area contributed by atoms with Crippen molar-refractivity contribution in [3.05, 3.63) is 65.0 Å². The van der Waals surface area contributed by atoms with E-state index in [9.17, 15) is 4.39 Å². The van der Waals surface area contributed by atoms with Crippen LogP contribution in [0.1, 0.15) is 29.7 Å². The van der Waals surface area contributed by atoms with Gasteiger partial charge in [-0.2, -0.15) is 0 Å². The largest absolute Gasteiger partial charge is 0.356 e. The molecule has 0 aliphatic rings. The van der Waals surface area contributed by atoms with Crippen LogP contribution in [0.4, 0.5) is 10.1 Å². The highest BCUT2D eigenvalue weighted by Gasteiger charge is 2.10. The highest BCUT2D eigenvalue weighted by Crippen LogP contribution is 2.19. The van der Waals surface area contributed by atoms with Crippen molar-refractivity contribution in [2.75, 3.05) is 5.32 Å². The SMILES string of the molecule is Cc1ccc(C)c([C@@H](C)NC(=S)Nc2cccc(F)c2)c1. The predicted octanol–water partition coefficient (Wildman–Crippen LogP) is 4.49. The lowest BCUT2D eigenvalue weighted by atomic mass is 10.0. The first-order valence-electron chi connectivity index (χ1n) is 6.86. The molecule has 0 radical (unpaired) electrons. The second-order valence-corrected chi connectivity index (χ2v) is 5.60. The fourth-order valence-corrected chi connectivity index (χ4v) is 2.53. The van der Waals surface area contributed by atoms with Crippen molar-refractivity contribution in [2.45, 2.75) is 26.8 Å². The Morgan fingerprint density at radius 3 is 2.62 bits per heavy atom. The van der Waals surface area contributed by atoms with E-state index in [1.165, 1.54) is 28.8 Å². The van der Waals surface area contributed by atoms with Gasteiger partial charge < -0.3 is 10.6 Å². The summed E-state index contributed by atoms with van der Waals surface area (Å²) < 4.78 is 13.1. The van der Waals surface area contributed by atoms with Crippen LogP contribution >= 0.6 is 12.2 Å². The van der Waals surface area contributed by atoms with E-state index in [0.717, 1.165) is 0 Å². The molecule has 2 aromatic carbocycles. The van der Waals surface area contributed by atoms with Gasteiger partial charge in [0.05, 0.1) is 6.04 Å². The fraction of sp³-hybridized carbons (Fsp3) is 0.235. The van der Waals surface area contributed by atoms with Crippen LogP contribution in [0.2, 0.25) is 0 Å². The highest BCUT2D eigenvalue weighted by molar-refractivity contribution is 7.80. The van der Waals surface area contributed by atoms with Crippen molar-refractivity contribution in [3.63, 3.8) is 0 Å². The summed E-state index contributed by atoms with van der Waals surface area (Å²) >= 11 is 5.29. The lowest BCUT2D eigenvalue weighted by Crippen LogP contribution is -2.31.